The van der Waals surface area contributed by atoms with Gasteiger partial charge in [-0.3, -0.25) is 0 Å². The van der Waals surface area contributed by atoms with Crippen molar-refractivity contribution in [2.45, 2.75) is 33.3 Å². The number of rotatable bonds is 2. The summed E-state index contributed by atoms with van der Waals surface area (Å²) in [5, 5.41) is 8.91. The molecule has 0 radical (unpaired) electrons. The molecule has 0 atom stereocenters. The highest BCUT2D eigenvalue weighted by Gasteiger charge is 2.22. The van der Waals surface area contributed by atoms with Gasteiger partial charge in [-0.15, -0.1) is 0 Å². The molecule has 18 heavy (non-hydrogen) atoms. The van der Waals surface area contributed by atoms with Crippen LogP contribution in [0.25, 0.3) is 0 Å². The lowest BCUT2D eigenvalue weighted by Crippen LogP contribution is -2.24. The van der Waals surface area contributed by atoms with E-state index in [1.807, 2.05) is 0 Å². The van der Waals surface area contributed by atoms with Gasteiger partial charge in [-0.1, -0.05) is 0 Å². The molecule has 0 aromatic heterocycles. The molecule has 5 nitrogen and oxygen atoms in total. The number of carbonyl (C=O) groups excluding carboxylic acids is 1. The second-order valence-electron chi connectivity index (χ2n) is 5.01. The number of hydrogen-bond acceptors (Lipinski definition) is 4. The van der Waals surface area contributed by atoms with Crippen LogP contribution in [-0.4, -0.2) is 22.6 Å². The number of anilines is 1. The van der Waals surface area contributed by atoms with Gasteiger partial charge in [0, 0.05) is 5.69 Å². The largest absolute Gasteiger partial charge is 0.478 e. The van der Waals surface area contributed by atoms with Gasteiger partial charge < -0.3 is 15.6 Å². The average molecular weight is 251 g/mol. The van der Waals surface area contributed by atoms with Crippen LogP contribution in [0, 0.1) is 6.92 Å². The van der Waals surface area contributed by atoms with Crippen LogP contribution >= 0.6 is 0 Å². The van der Waals surface area contributed by atoms with Gasteiger partial charge >= 0.3 is 11.9 Å². The Hall–Kier alpha value is -2.04. The van der Waals surface area contributed by atoms with Crippen molar-refractivity contribution in [2.75, 3.05) is 5.73 Å². The van der Waals surface area contributed by atoms with E-state index >= 15 is 0 Å². The monoisotopic (exact) mass is 251 g/mol. The first-order valence-electron chi connectivity index (χ1n) is 5.49. The molecule has 0 aliphatic heterocycles. The average Bonchev–Trinajstić information content (AvgIpc) is 2.18. The zero-order chi connectivity index (χ0) is 14.1. The van der Waals surface area contributed by atoms with E-state index in [2.05, 4.69) is 0 Å². The maximum atomic E-state index is 11.9. The summed E-state index contributed by atoms with van der Waals surface area (Å²) in [6, 6.07) is 2.73. The third-order valence-corrected chi connectivity index (χ3v) is 2.36. The molecule has 1 aromatic rings. The van der Waals surface area contributed by atoms with Gasteiger partial charge in [0.05, 0.1) is 11.1 Å². The Labute approximate surface area is 106 Å². The fraction of sp³-hybridized carbons (Fsp3) is 0.385. The molecule has 0 unspecified atom stereocenters. The van der Waals surface area contributed by atoms with Crippen LogP contribution in [0.2, 0.25) is 0 Å². The SMILES string of the molecule is Cc1c(C(=O)OC(C)(C)C)ccc(C(=O)O)c1N. The number of carbonyl (C=O) groups is 2. The van der Waals surface area contributed by atoms with Crippen LogP contribution in [0.5, 0.6) is 0 Å². The number of hydrogen-bond donors (Lipinski definition) is 2. The molecule has 0 spiro atoms. The number of aromatic carboxylic acids is 1. The summed E-state index contributed by atoms with van der Waals surface area (Å²) in [6.45, 7) is 6.88. The molecule has 5 heteroatoms. The van der Waals surface area contributed by atoms with E-state index in [4.69, 9.17) is 15.6 Å². The first-order chi connectivity index (χ1) is 8.13. The Balaban J connectivity index is 3.17. The molecule has 0 aliphatic carbocycles. The molecule has 98 valence electrons. The number of esters is 1. The summed E-state index contributed by atoms with van der Waals surface area (Å²) in [6.07, 6.45) is 0. The summed E-state index contributed by atoms with van der Waals surface area (Å²) in [4.78, 5) is 22.8. The quantitative estimate of drug-likeness (QED) is 0.621. The molecular weight excluding hydrogens is 234 g/mol. The normalized spacial score (nSPS) is 11.1. The van der Waals surface area contributed by atoms with E-state index in [1.165, 1.54) is 12.1 Å². The van der Waals surface area contributed by atoms with Crippen molar-refractivity contribution in [3.8, 4) is 0 Å². The second kappa shape index (κ2) is 4.68. The van der Waals surface area contributed by atoms with Crippen molar-refractivity contribution >= 4 is 17.6 Å². The first-order valence-corrected chi connectivity index (χ1v) is 5.49. The number of nitrogen functional groups attached to an aromatic ring is 1. The second-order valence-corrected chi connectivity index (χ2v) is 5.01. The highest BCUT2D eigenvalue weighted by Crippen LogP contribution is 2.23. The molecule has 0 amide bonds. The lowest BCUT2D eigenvalue weighted by Gasteiger charge is -2.20. The van der Waals surface area contributed by atoms with Gasteiger partial charge in [0.25, 0.3) is 0 Å². The van der Waals surface area contributed by atoms with E-state index in [0.717, 1.165) is 0 Å². The van der Waals surface area contributed by atoms with Gasteiger partial charge in [0.15, 0.2) is 0 Å². The molecule has 0 saturated heterocycles. The Morgan fingerprint density at radius 3 is 2.17 bits per heavy atom. The Bertz CT molecular complexity index is 500. The van der Waals surface area contributed by atoms with Gasteiger partial charge in [-0.2, -0.15) is 0 Å². The highest BCUT2D eigenvalue weighted by molar-refractivity contribution is 5.99. The van der Waals surface area contributed by atoms with Crippen molar-refractivity contribution in [1.82, 2.24) is 0 Å². The van der Waals surface area contributed by atoms with Gasteiger partial charge in [-0.05, 0) is 45.4 Å². The summed E-state index contributed by atoms with van der Waals surface area (Å²) >= 11 is 0. The molecule has 1 rings (SSSR count). The summed E-state index contributed by atoms with van der Waals surface area (Å²) in [5.41, 5.74) is 5.87. The molecule has 0 saturated carbocycles. The van der Waals surface area contributed by atoms with Crippen LogP contribution < -0.4 is 5.73 Å². The zero-order valence-corrected chi connectivity index (χ0v) is 10.9. The number of carboxylic acids is 1. The van der Waals surface area contributed by atoms with E-state index in [9.17, 15) is 9.59 Å². The molecule has 0 fully saturated rings. The van der Waals surface area contributed by atoms with Crippen LogP contribution in [0.15, 0.2) is 12.1 Å². The zero-order valence-electron chi connectivity index (χ0n) is 10.9. The maximum Gasteiger partial charge on any atom is 0.338 e. The molecule has 1 aromatic carbocycles. The third-order valence-electron chi connectivity index (χ3n) is 2.36. The fourth-order valence-electron chi connectivity index (χ4n) is 1.47. The topological polar surface area (TPSA) is 89.6 Å². The summed E-state index contributed by atoms with van der Waals surface area (Å²) in [5.74, 6) is -1.63. The Kier molecular flexibility index (Phi) is 3.65. The van der Waals surface area contributed by atoms with Crippen molar-refractivity contribution < 1.29 is 19.4 Å². The van der Waals surface area contributed by atoms with Gasteiger partial charge in [-0.25, -0.2) is 9.59 Å². The van der Waals surface area contributed by atoms with Gasteiger partial charge in [0.2, 0.25) is 0 Å². The van der Waals surface area contributed by atoms with Crippen molar-refractivity contribution in [3.05, 3.63) is 28.8 Å². The van der Waals surface area contributed by atoms with Gasteiger partial charge in [0.1, 0.15) is 5.60 Å². The maximum absolute atomic E-state index is 11.9. The number of benzene rings is 1. The van der Waals surface area contributed by atoms with Crippen molar-refractivity contribution in [2.24, 2.45) is 0 Å². The molecule has 3 N–H and O–H groups in total. The Morgan fingerprint density at radius 2 is 1.72 bits per heavy atom. The lowest BCUT2D eigenvalue weighted by molar-refractivity contribution is 0.00684. The molecule has 0 bridgehead atoms. The number of carboxylic acid groups (broad SMARTS) is 1. The summed E-state index contributed by atoms with van der Waals surface area (Å²) in [7, 11) is 0. The van der Waals surface area contributed by atoms with E-state index in [-0.39, 0.29) is 16.8 Å². The van der Waals surface area contributed by atoms with Crippen molar-refractivity contribution in [1.29, 1.82) is 0 Å². The molecule has 0 heterocycles. The predicted octanol–water partition coefficient (Wildman–Crippen LogP) is 2.23. The minimum atomic E-state index is -1.12. The van der Waals surface area contributed by atoms with Crippen molar-refractivity contribution in [3.63, 3.8) is 0 Å². The standard InChI is InChI=1S/C13H17NO4/c1-7-8(12(17)18-13(2,3)4)5-6-9(10(7)14)11(15)16/h5-6H,14H2,1-4H3,(H,15,16). The Morgan fingerprint density at radius 1 is 1.22 bits per heavy atom. The predicted molar refractivity (Wildman–Crippen MR) is 67.7 cm³/mol. The number of nitrogens with two attached hydrogens (primary N) is 1. The first kappa shape index (κ1) is 14.0. The minimum absolute atomic E-state index is 0.0141. The fourth-order valence-corrected chi connectivity index (χ4v) is 1.47. The smallest absolute Gasteiger partial charge is 0.338 e. The van der Waals surface area contributed by atoms with Crippen LogP contribution in [-0.2, 0) is 4.74 Å². The molecule has 0 aliphatic rings. The van der Waals surface area contributed by atoms with E-state index in [1.54, 1.807) is 27.7 Å². The third kappa shape index (κ3) is 3.00. The minimum Gasteiger partial charge on any atom is -0.478 e. The lowest BCUT2D eigenvalue weighted by atomic mass is 10.0. The molecular formula is C13H17NO4. The van der Waals surface area contributed by atoms with E-state index < -0.39 is 17.5 Å². The van der Waals surface area contributed by atoms with Crippen LogP contribution in [0.3, 0.4) is 0 Å². The highest BCUT2D eigenvalue weighted by atomic mass is 16.6. The summed E-state index contributed by atoms with van der Waals surface area (Å²) < 4.78 is 5.22. The van der Waals surface area contributed by atoms with Crippen LogP contribution in [0.4, 0.5) is 5.69 Å². The van der Waals surface area contributed by atoms with E-state index in [0.29, 0.717) is 5.56 Å². The number of ether oxygens (including phenoxy) is 1. The van der Waals surface area contributed by atoms with Crippen LogP contribution in [0.1, 0.15) is 47.1 Å².